The number of pyridine rings is 1. The van der Waals surface area contributed by atoms with Crippen molar-refractivity contribution in [1.82, 2.24) is 9.88 Å². The van der Waals surface area contributed by atoms with E-state index in [0.29, 0.717) is 22.8 Å². The first-order valence-corrected chi connectivity index (χ1v) is 9.33. The van der Waals surface area contributed by atoms with Gasteiger partial charge >= 0.3 is 0 Å². The van der Waals surface area contributed by atoms with Gasteiger partial charge in [-0.25, -0.2) is 13.8 Å². The number of aromatic nitrogens is 1. The van der Waals surface area contributed by atoms with E-state index in [1.54, 1.807) is 18.1 Å². The Balaban J connectivity index is 1.66. The van der Waals surface area contributed by atoms with Crippen molar-refractivity contribution in [2.75, 3.05) is 19.5 Å². The smallest absolute Gasteiger partial charge is 0.245 e. The van der Waals surface area contributed by atoms with Gasteiger partial charge in [0, 0.05) is 36.3 Å². The Labute approximate surface area is 167 Å². The fourth-order valence-corrected chi connectivity index (χ4v) is 3.82. The number of hydrogen-bond donors (Lipinski definition) is 1. The van der Waals surface area contributed by atoms with E-state index in [9.17, 15) is 13.6 Å². The number of halogens is 2. The van der Waals surface area contributed by atoms with Crippen molar-refractivity contribution in [2.45, 2.75) is 25.4 Å². The van der Waals surface area contributed by atoms with Crippen LogP contribution in [0.15, 0.2) is 42.6 Å². The van der Waals surface area contributed by atoms with Crippen LogP contribution in [0.25, 0.3) is 10.8 Å². The Morgan fingerprint density at radius 2 is 1.93 bits per heavy atom. The number of carbonyl (C=O) groups is 1. The molecule has 0 bridgehead atoms. The minimum absolute atomic E-state index is 0.0831. The summed E-state index contributed by atoms with van der Waals surface area (Å²) >= 11 is 0. The molecule has 1 aliphatic heterocycles. The lowest BCUT2D eigenvalue weighted by atomic mass is 10.00. The molecule has 1 amide bonds. The zero-order valence-electron chi connectivity index (χ0n) is 16.4. The van der Waals surface area contributed by atoms with Gasteiger partial charge < -0.3 is 15.0 Å². The summed E-state index contributed by atoms with van der Waals surface area (Å²) in [6.07, 6.45) is 2.15. The minimum atomic E-state index is -0.972. The number of ether oxygens (including phenoxy) is 1. The van der Waals surface area contributed by atoms with E-state index in [0.717, 1.165) is 23.4 Å². The molecule has 29 heavy (non-hydrogen) atoms. The normalized spacial score (nSPS) is 16.2. The fourth-order valence-electron chi connectivity index (χ4n) is 3.82. The third-order valence-corrected chi connectivity index (χ3v) is 5.56. The van der Waals surface area contributed by atoms with Crippen molar-refractivity contribution >= 4 is 22.4 Å². The molecular weight excluding hydrogens is 376 g/mol. The zero-order chi connectivity index (χ0) is 20.7. The van der Waals surface area contributed by atoms with Gasteiger partial charge in [-0.15, -0.1) is 0 Å². The topological polar surface area (TPSA) is 54.5 Å². The number of methoxy groups -OCH3 is 1. The molecule has 1 N–H and O–H groups in total. The average Bonchev–Trinajstić information content (AvgIpc) is 3.16. The molecule has 0 spiro atoms. The molecule has 3 aromatic rings. The van der Waals surface area contributed by atoms with Crippen molar-refractivity contribution < 1.29 is 18.3 Å². The van der Waals surface area contributed by atoms with Gasteiger partial charge in [-0.1, -0.05) is 18.2 Å². The minimum Gasteiger partial charge on any atom is -0.481 e. The van der Waals surface area contributed by atoms with Crippen molar-refractivity contribution in [2.24, 2.45) is 0 Å². The maximum atomic E-state index is 14.0. The summed E-state index contributed by atoms with van der Waals surface area (Å²) in [7, 11) is 3.12. The first kappa shape index (κ1) is 19.1. The van der Waals surface area contributed by atoms with E-state index >= 15 is 0 Å². The Kier molecular flexibility index (Phi) is 4.82. The zero-order valence-corrected chi connectivity index (χ0v) is 16.4. The van der Waals surface area contributed by atoms with E-state index in [4.69, 9.17) is 4.74 Å². The number of rotatable bonds is 4. The summed E-state index contributed by atoms with van der Waals surface area (Å²) in [5.41, 5.74) is 2.67. The SMILES string of the molecule is COc1ncc([C@H](C)N(C)C(=O)[C@@H]2Cc3ccccc3N2)c2cc(F)c(F)cc12. The highest BCUT2D eigenvalue weighted by Crippen LogP contribution is 2.34. The van der Waals surface area contributed by atoms with Crippen LogP contribution in [0.2, 0.25) is 0 Å². The van der Waals surface area contributed by atoms with Crippen molar-refractivity contribution in [1.29, 1.82) is 0 Å². The number of likely N-dealkylation sites (N-methyl/N-ethyl adjacent to an activating group) is 1. The molecule has 2 heterocycles. The van der Waals surface area contributed by atoms with E-state index in [1.165, 1.54) is 7.11 Å². The predicted octanol–water partition coefficient (Wildman–Crippen LogP) is 4.08. The molecule has 4 rings (SSSR count). The van der Waals surface area contributed by atoms with Gasteiger partial charge in [0.05, 0.1) is 13.2 Å². The lowest BCUT2D eigenvalue weighted by molar-refractivity contribution is -0.132. The Hall–Kier alpha value is -3.22. The summed E-state index contributed by atoms with van der Waals surface area (Å²) in [5, 5.41) is 4.08. The number of nitrogens with zero attached hydrogens (tertiary/aromatic N) is 2. The first-order valence-electron chi connectivity index (χ1n) is 9.33. The van der Waals surface area contributed by atoms with Crippen molar-refractivity contribution in [3.63, 3.8) is 0 Å². The molecule has 2 aromatic carbocycles. The van der Waals surface area contributed by atoms with E-state index in [2.05, 4.69) is 10.3 Å². The molecule has 0 fully saturated rings. The van der Waals surface area contributed by atoms with Gasteiger partial charge in [-0.2, -0.15) is 0 Å². The standard InChI is InChI=1S/C22H21F2N3O2/c1-12(27(2)22(28)20-8-13-6-4-5-7-19(13)26-20)16-11-25-21(29-3)15-10-18(24)17(23)9-14(15)16/h4-7,9-12,20,26H,8H2,1-3H3/t12-,20-/m0/s1. The van der Waals surface area contributed by atoms with Gasteiger partial charge in [0.15, 0.2) is 11.6 Å². The monoisotopic (exact) mass is 397 g/mol. The molecule has 0 unspecified atom stereocenters. The number of para-hydroxylation sites is 1. The van der Waals surface area contributed by atoms with Crippen LogP contribution in [0.1, 0.15) is 24.1 Å². The number of nitrogens with one attached hydrogen (secondary N) is 1. The third kappa shape index (κ3) is 3.26. The summed E-state index contributed by atoms with van der Waals surface area (Å²) < 4.78 is 32.9. The van der Waals surface area contributed by atoms with Crippen LogP contribution >= 0.6 is 0 Å². The maximum Gasteiger partial charge on any atom is 0.245 e. The Morgan fingerprint density at radius 3 is 2.62 bits per heavy atom. The molecule has 0 saturated heterocycles. The Morgan fingerprint density at radius 1 is 1.24 bits per heavy atom. The molecule has 150 valence electrons. The lowest BCUT2D eigenvalue weighted by Crippen LogP contribution is -2.41. The van der Waals surface area contributed by atoms with E-state index < -0.39 is 17.7 Å². The summed E-state index contributed by atoms with van der Waals surface area (Å²) in [4.78, 5) is 18.9. The molecule has 0 radical (unpaired) electrons. The lowest BCUT2D eigenvalue weighted by Gasteiger charge is -2.29. The van der Waals surface area contributed by atoms with E-state index in [1.807, 2.05) is 31.2 Å². The van der Waals surface area contributed by atoms with Gasteiger partial charge in [-0.05, 0) is 36.1 Å². The second-order valence-corrected chi connectivity index (χ2v) is 7.22. The summed E-state index contributed by atoms with van der Waals surface area (Å²) in [6.45, 7) is 1.84. The van der Waals surface area contributed by atoms with Crippen LogP contribution in [-0.2, 0) is 11.2 Å². The average molecular weight is 397 g/mol. The van der Waals surface area contributed by atoms with Crippen LogP contribution in [0.4, 0.5) is 14.5 Å². The van der Waals surface area contributed by atoms with Crippen molar-refractivity contribution in [3.05, 3.63) is 65.4 Å². The van der Waals surface area contributed by atoms with Gasteiger partial charge in [0.2, 0.25) is 11.8 Å². The predicted molar refractivity (Wildman–Crippen MR) is 107 cm³/mol. The van der Waals surface area contributed by atoms with Crippen LogP contribution in [-0.4, -0.2) is 36.0 Å². The highest BCUT2D eigenvalue weighted by molar-refractivity contribution is 5.91. The molecule has 1 aromatic heterocycles. The number of benzene rings is 2. The highest BCUT2D eigenvalue weighted by atomic mass is 19.2. The number of amides is 1. The number of anilines is 1. The largest absolute Gasteiger partial charge is 0.481 e. The summed E-state index contributed by atoms with van der Waals surface area (Å²) in [6, 6.07) is 9.25. The Bertz CT molecular complexity index is 1080. The maximum absolute atomic E-state index is 14.0. The molecule has 0 aliphatic carbocycles. The molecule has 2 atom stereocenters. The van der Waals surface area contributed by atoms with Crippen molar-refractivity contribution in [3.8, 4) is 5.88 Å². The number of hydrogen-bond acceptors (Lipinski definition) is 4. The second-order valence-electron chi connectivity index (χ2n) is 7.22. The molecule has 1 aliphatic rings. The van der Waals surface area contributed by atoms with Gasteiger partial charge in [0.25, 0.3) is 0 Å². The van der Waals surface area contributed by atoms with Crippen LogP contribution in [0.3, 0.4) is 0 Å². The second kappa shape index (κ2) is 7.31. The molecule has 0 saturated carbocycles. The molecule has 7 heteroatoms. The van der Waals surface area contributed by atoms with Gasteiger partial charge in [0.1, 0.15) is 6.04 Å². The van der Waals surface area contributed by atoms with Crippen LogP contribution in [0, 0.1) is 11.6 Å². The van der Waals surface area contributed by atoms with Gasteiger partial charge in [-0.3, -0.25) is 4.79 Å². The molecular formula is C22H21F2N3O2. The molecule has 5 nitrogen and oxygen atoms in total. The quantitative estimate of drug-likeness (QED) is 0.721. The fraction of sp³-hybridized carbons (Fsp3) is 0.273. The third-order valence-electron chi connectivity index (χ3n) is 5.56. The number of carbonyl (C=O) groups excluding carboxylic acids is 1. The van der Waals surface area contributed by atoms with Crippen LogP contribution in [0.5, 0.6) is 5.88 Å². The van der Waals surface area contributed by atoms with E-state index in [-0.39, 0.29) is 17.8 Å². The summed E-state index contributed by atoms with van der Waals surface area (Å²) in [5.74, 6) is -1.81. The highest BCUT2D eigenvalue weighted by Gasteiger charge is 2.31. The number of fused-ring (bicyclic) bond motifs is 2. The first-order chi connectivity index (χ1) is 13.9. The van der Waals surface area contributed by atoms with Crippen LogP contribution < -0.4 is 10.1 Å².